The third-order valence-electron chi connectivity index (χ3n) is 3.86. The second-order valence-electron chi connectivity index (χ2n) is 5.91. The van der Waals surface area contributed by atoms with Gasteiger partial charge < -0.3 is 10.3 Å². The molecule has 2 rings (SSSR count). The van der Waals surface area contributed by atoms with E-state index in [0.717, 1.165) is 0 Å². The molecule has 1 saturated carbocycles. The van der Waals surface area contributed by atoms with E-state index in [1.807, 2.05) is 19.4 Å². The molecule has 1 aromatic rings. The minimum Gasteiger partial charge on any atom is -0.330 e. The largest absolute Gasteiger partial charge is 0.330 e. The second-order valence-corrected chi connectivity index (χ2v) is 5.91. The van der Waals surface area contributed by atoms with Gasteiger partial charge in [0.25, 0.3) is 0 Å². The van der Waals surface area contributed by atoms with E-state index in [4.69, 9.17) is 5.73 Å². The van der Waals surface area contributed by atoms with Crippen LogP contribution in [0.15, 0.2) is 12.5 Å². The quantitative estimate of drug-likeness (QED) is 0.834. The summed E-state index contributed by atoms with van der Waals surface area (Å²) in [6.45, 7) is 6.76. The number of hydrogen-bond donors (Lipinski definition) is 1. The van der Waals surface area contributed by atoms with Gasteiger partial charge in [0.15, 0.2) is 0 Å². The van der Waals surface area contributed by atoms with Crippen LogP contribution < -0.4 is 5.73 Å². The number of aromatic nitrogens is 2. The Morgan fingerprint density at radius 3 is 2.62 bits per heavy atom. The maximum absolute atomic E-state index is 5.96. The monoisotopic (exact) mass is 221 g/mol. The number of imidazole rings is 1. The molecule has 3 nitrogen and oxygen atoms in total. The molecule has 2 N–H and O–H groups in total. The van der Waals surface area contributed by atoms with E-state index >= 15 is 0 Å². The minimum absolute atomic E-state index is 0.0810. The Bertz CT molecular complexity index is 342. The van der Waals surface area contributed by atoms with E-state index in [9.17, 15) is 0 Å². The molecule has 1 fully saturated rings. The Morgan fingerprint density at radius 1 is 1.44 bits per heavy atom. The first-order valence-electron chi connectivity index (χ1n) is 6.27. The lowest BCUT2D eigenvalue weighted by molar-refractivity contribution is 0.191. The van der Waals surface area contributed by atoms with Crippen molar-refractivity contribution in [2.45, 2.75) is 58.5 Å². The third kappa shape index (κ3) is 2.29. The van der Waals surface area contributed by atoms with Gasteiger partial charge in [-0.1, -0.05) is 13.8 Å². The standard InChI is InChI=1S/C13H23N3/c1-10(14)12-8-15-9-16(12)11-4-6-13(2,3)7-5-11/h8-11H,4-7,14H2,1-3H3. The first-order chi connectivity index (χ1) is 7.49. The molecule has 0 saturated heterocycles. The summed E-state index contributed by atoms with van der Waals surface area (Å²) in [5.41, 5.74) is 7.65. The van der Waals surface area contributed by atoms with Gasteiger partial charge in [0.2, 0.25) is 0 Å². The summed E-state index contributed by atoms with van der Waals surface area (Å²) in [4.78, 5) is 4.24. The van der Waals surface area contributed by atoms with Crippen LogP contribution in [0.5, 0.6) is 0 Å². The van der Waals surface area contributed by atoms with Crippen LogP contribution in [0.3, 0.4) is 0 Å². The van der Waals surface area contributed by atoms with Gasteiger partial charge in [-0.25, -0.2) is 4.98 Å². The topological polar surface area (TPSA) is 43.8 Å². The first kappa shape index (κ1) is 11.6. The van der Waals surface area contributed by atoms with Crippen LogP contribution >= 0.6 is 0 Å². The van der Waals surface area contributed by atoms with Crippen LogP contribution in [0.25, 0.3) is 0 Å². The van der Waals surface area contributed by atoms with E-state index < -0.39 is 0 Å². The maximum Gasteiger partial charge on any atom is 0.0951 e. The summed E-state index contributed by atoms with van der Waals surface area (Å²) in [7, 11) is 0. The zero-order valence-electron chi connectivity index (χ0n) is 10.6. The van der Waals surface area contributed by atoms with Crippen molar-refractivity contribution in [2.75, 3.05) is 0 Å². The number of hydrogen-bond acceptors (Lipinski definition) is 2. The number of rotatable bonds is 2. The molecule has 1 heterocycles. The van der Waals surface area contributed by atoms with Crippen molar-refractivity contribution in [3.63, 3.8) is 0 Å². The zero-order chi connectivity index (χ0) is 11.8. The van der Waals surface area contributed by atoms with Gasteiger partial charge in [-0.15, -0.1) is 0 Å². The van der Waals surface area contributed by atoms with Crippen LogP contribution in [-0.2, 0) is 0 Å². The SMILES string of the molecule is CC(N)c1cncn1C1CCC(C)(C)CC1. The van der Waals surface area contributed by atoms with Crippen molar-refractivity contribution in [2.24, 2.45) is 11.1 Å². The van der Waals surface area contributed by atoms with Gasteiger partial charge in [-0.05, 0) is 38.0 Å². The highest BCUT2D eigenvalue weighted by molar-refractivity contribution is 5.05. The van der Waals surface area contributed by atoms with Crippen molar-refractivity contribution >= 4 is 0 Å². The Labute approximate surface area is 98.1 Å². The highest BCUT2D eigenvalue weighted by atomic mass is 15.1. The third-order valence-corrected chi connectivity index (χ3v) is 3.86. The van der Waals surface area contributed by atoms with Crippen LogP contribution in [0.1, 0.15) is 64.2 Å². The van der Waals surface area contributed by atoms with Gasteiger partial charge in [0.1, 0.15) is 0 Å². The van der Waals surface area contributed by atoms with E-state index in [2.05, 4.69) is 23.4 Å². The molecule has 0 aromatic carbocycles. The Morgan fingerprint density at radius 2 is 2.06 bits per heavy atom. The summed E-state index contributed by atoms with van der Waals surface area (Å²) in [6.07, 6.45) is 8.96. The van der Waals surface area contributed by atoms with E-state index in [-0.39, 0.29) is 6.04 Å². The average Bonchev–Trinajstić information content (AvgIpc) is 2.66. The summed E-state index contributed by atoms with van der Waals surface area (Å²) in [5, 5.41) is 0. The van der Waals surface area contributed by atoms with Gasteiger partial charge in [0, 0.05) is 18.3 Å². The predicted molar refractivity (Wildman–Crippen MR) is 66.1 cm³/mol. The summed E-state index contributed by atoms with van der Waals surface area (Å²) >= 11 is 0. The van der Waals surface area contributed by atoms with E-state index in [1.54, 1.807) is 0 Å². The fourth-order valence-electron chi connectivity index (χ4n) is 2.63. The van der Waals surface area contributed by atoms with Crippen molar-refractivity contribution in [1.29, 1.82) is 0 Å². The molecule has 0 aliphatic heterocycles. The number of nitrogens with zero attached hydrogens (tertiary/aromatic N) is 2. The smallest absolute Gasteiger partial charge is 0.0951 e. The summed E-state index contributed by atoms with van der Waals surface area (Å²) < 4.78 is 2.29. The Kier molecular flexibility index (Phi) is 3.06. The predicted octanol–water partition coefficient (Wildman–Crippen LogP) is 3.04. The molecule has 1 atom stereocenters. The lowest BCUT2D eigenvalue weighted by Gasteiger charge is -2.35. The lowest BCUT2D eigenvalue weighted by atomic mass is 9.75. The lowest BCUT2D eigenvalue weighted by Crippen LogP contribution is -2.25. The van der Waals surface area contributed by atoms with Gasteiger partial charge in [0.05, 0.1) is 12.0 Å². The second kappa shape index (κ2) is 4.21. The van der Waals surface area contributed by atoms with Gasteiger partial charge in [-0.2, -0.15) is 0 Å². The molecular weight excluding hydrogens is 198 g/mol. The van der Waals surface area contributed by atoms with Crippen molar-refractivity contribution in [1.82, 2.24) is 9.55 Å². The van der Waals surface area contributed by atoms with E-state index in [1.165, 1.54) is 31.4 Å². The molecule has 0 amide bonds. The van der Waals surface area contributed by atoms with E-state index in [0.29, 0.717) is 11.5 Å². The molecule has 0 bridgehead atoms. The van der Waals surface area contributed by atoms with Crippen LogP contribution in [0.4, 0.5) is 0 Å². The van der Waals surface area contributed by atoms with Gasteiger partial charge >= 0.3 is 0 Å². The van der Waals surface area contributed by atoms with Gasteiger partial charge in [-0.3, -0.25) is 0 Å². The molecular formula is C13H23N3. The fraction of sp³-hybridized carbons (Fsp3) is 0.769. The minimum atomic E-state index is 0.0810. The molecule has 0 spiro atoms. The van der Waals surface area contributed by atoms with Crippen LogP contribution in [-0.4, -0.2) is 9.55 Å². The van der Waals surface area contributed by atoms with Crippen LogP contribution in [0.2, 0.25) is 0 Å². The summed E-state index contributed by atoms with van der Waals surface area (Å²) in [5.74, 6) is 0. The normalized spacial score (nSPS) is 23.2. The molecule has 1 unspecified atom stereocenters. The van der Waals surface area contributed by atoms with Crippen molar-refractivity contribution in [3.8, 4) is 0 Å². The fourth-order valence-corrected chi connectivity index (χ4v) is 2.63. The number of nitrogens with two attached hydrogens (primary N) is 1. The summed E-state index contributed by atoms with van der Waals surface area (Å²) in [6, 6.07) is 0.689. The molecule has 1 aliphatic carbocycles. The molecule has 1 aromatic heterocycles. The Hall–Kier alpha value is -0.830. The highest BCUT2D eigenvalue weighted by Crippen LogP contribution is 2.40. The maximum atomic E-state index is 5.96. The first-order valence-corrected chi connectivity index (χ1v) is 6.27. The Balaban J connectivity index is 2.11. The molecule has 0 radical (unpaired) electrons. The molecule has 90 valence electrons. The average molecular weight is 221 g/mol. The zero-order valence-corrected chi connectivity index (χ0v) is 10.6. The van der Waals surface area contributed by atoms with Crippen molar-refractivity contribution in [3.05, 3.63) is 18.2 Å². The van der Waals surface area contributed by atoms with Crippen molar-refractivity contribution < 1.29 is 0 Å². The highest BCUT2D eigenvalue weighted by Gasteiger charge is 2.28. The molecule has 1 aliphatic rings. The molecule has 3 heteroatoms. The molecule has 16 heavy (non-hydrogen) atoms. The van der Waals surface area contributed by atoms with Crippen LogP contribution in [0, 0.1) is 5.41 Å².